The van der Waals surface area contributed by atoms with Gasteiger partial charge in [0.25, 0.3) is 0 Å². The summed E-state index contributed by atoms with van der Waals surface area (Å²) in [5.74, 6) is 0.267. The molecule has 0 heterocycles. The van der Waals surface area contributed by atoms with E-state index in [1.165, 1.54) is 51.4 Å². The minimum Gasteiger partial charge on any atom is -0.349 e. The van der Waals surface area contributed by atoms with E-state index < -0.39 is 0 Å². The van der Waals surface area contributed by atoms with Gasteiger partial charge in [0, 0.05) is 20.5 Å². The Hall–Kier alpha value is -0.530. The van der Waals surface area contributed by atoms with Crippen molar-refractivity contribution in [1.29, 1.82) is 0 Å². The van der Waals surface area contributed by atoms with Crippen LogP contribution in [0.2, 0.25) is 0 Å². The highest BCUT2D eigenvalue weighted by Gasteiger charge is 2.02. The van der Waals surface area contributed by atoms with E-state index in [0.717, 1.165) is 12.8 Å². The lowest BCUT2D eigenvalue weighted by molar-refractivity contribution is -0.128. The van der Waals surface area contributed by atoms with Gasteiger partial charge in [-0.1, -0.05) is 58.3 Å². The average Bonchev–Trinajstić information content (AvgIpc) is 2.26. The predicted molar refractivity (Wildman–Crippen MR) is 70.5 cm³/mol. The molecule has 0 saturated heterocycles. The van der Waals surface area contributed by atoms with Crippen LogP contribution in [-0.4, -0.2) is 24.9 Å². The third-order valence-electron chi connectivity index (χ3n) is 2.99. The van der Waals surface area contributed by atoms with Gasteiger partial charge < -0.3 is 4.90 Å². The molecule has 0 bridgehead atoms. The van der Waals surface area contributed by atoms with Crippen molar-refractivity contribution in [2.45, 2.75) is 71.1 Å². The molecule has 0 atom stereocenters. The van der Waals surface area contributed by atoms with Crippen molar-refractivity contribution in [2.24, 2.45) is 0 Å². The molecule has 16 heavy (non-hydrogen) atoms. The van der Waals surface area contributed by atoms with E-state index in [0.29, 0.717) is 0 Å². The van der Waals surface area contributed by atoms with Crippen LogP contribution in [0.1, 0.15) is 71.1 Å². The molecule has 0 aromatic heterocycles. The zero-order valence-electron chi connectivity index (χ0n) is 11.4. The van der Waals surface area contributed by atoms with Crippen LogP contribution in [0.4, 0.5) is 0 Å². The molecular weight excluding hydrogens is 198 g/mol. The summed E-state index contributed by atoms with van der Waals surface area (Å²) in [6.45, 7) is 2.25. The van der Waals surface area contributed by atoms with Gasteiger partial charge in [-0.3, -0.25) is 4.79 Å². The van der Waals surface area contributed by atoms with Gasteiger partial charge in [0.2, 0.25) is 5.91 Å². The van der Waals surface area contributed by atoms with Crippen LogP contribution in [0.3, 0.4) is 0 Å². The van der Waals surface area contributed by atoms with Gasteiger partial charge >= 0.3 is 0 Å². The number of hydrogen-bond acceptors (Lipinski definition) is 1. The minimum absolute atomic E-state index is 0.267. The third-order valence-corrected chi connectivity index (χ3v) is 2.99. The molecule has 0 unspecified atom stereocenters. The van der Waals surface area contributed by atoms with E-state index >= 15 is 0 Å². The second-order valence-electron chi connectivity index (χ2n) is 4.87. The summed E-state index contributed by atoms with van der Waals surface area (Å²) in [7, 11) is 3.66. The molecule has 0 N–H and O–H groups in total. The van der Waals surface area contributed by atoms with Crippen molar-refractivity contribution in [2.75, 3.05) is 14.1 Å². The summed E-state index contributed by atoms with van der Waals surface area (Å²) in [5, 5.41) is 0. The van der Waals surface area contributed by atoms with Gasteiger partial charge in [0.1, 0.15) is 0 Å². The van der Waals surface area contributed by atoms with Crippen molar-refractivity contribution < 1.29 is 4.79 Å². The molecule has 0 rings (SSSR count). The minimum atomic E-state index is 0.267. The normalized spacial score (nSPS) is 10.4. The number of hydrogen-bond donors (Lipinski definition) is 0. The number of nitrogens with zero attached hydrogens (tertiary/aromatic N) is 1. The first-order valence-corrected chi connectivity index (χ1v) is 6.88. The van der Waals surface area contributed by atoms with E-state index in [-0.39, 0.29) is 5.91 Å². The number of carbonyl (C=O) groups excluding carboxylic acids is 1. The Morgan fingerprint density at radius 3 is 1.69 bits per heavy atom. The number of rotatable bonds is 10. The molecule has 0 fully saturated rings. The number of unbranched alkanes of at least 4 members (excludes halogenated alkanes) is 8. The fourth-order valence-corrected chi connectivity index (χ4v) is 1.81. The van der Waals surface area contributed by atoms with E-state index in [1.54, 1.807) is 4.90 Å². The van der Waals surface area contributed by atoms with Gasteiger partial charge in [-0.2, -0.15) is 0 Å². The Morgan fingerprint density at radius 1 is 0.812 bits per heavy atom. The van der Waals surface area contributed by atoms with Crippen LogP contribution in [0, 0.1) is 0 Å². The molecule has 0 aliphatic carbocycles. The molecule has 0 aliphatic heterocycles. The Bertz CT molecular complexity index is 166. The van der Waals surface area contributed by atoms with Gasteiger partial charge in [-0.25, -0.2) is 0 Å². The third kappa shape index (κ3) is 10.0. The predicted octanol–water partition coefficient (Wildman–Crippen LogP) is 4.00. The quantitative estimate of drug-likeness (QED) is 0.517. The maximum atomic E-state index is 11.3. The summed E-state index contributed by atoms with van der Waals surface area (Å²) in [6.07, 6.45) is 12.5. The molecule has 0 aliphatic rings. The first kappa shape index (κ1) is 15.5. The molecule has 2 nitrogen and oxygen atoms in total. The number of carbonyl (C=O) groups is 1. The fraction of sp³-hybridized carbons (Fsp3) is 0.929. The summed E-state index contributed by atoms with van der Waals surface area (Å²) in [4.78, 5) is 13.0. The van der Waals surface area contributed by atoms with Crippen LogP contribution in [-0.2, 0) is 4.79 Å². The molecule has 2 heteroatoms. The van der Waals surface area contributed by atoms with Crippen molar-refractivity contribution in [3.8, 4) is 0 Å². The van der Waals surface area contributed by atoms with Crippen molar-refractivity contribution in [3.05, 3.63) is 0 Å². The Labute approximate surface area is 101 Å². The highest BCUT2D eigenvalue weighted by atomic mass is 16.2. The maximum absolute atomic E-state index is 11.3. The summed E-state index contributed by atoms with van der Waals surface area (Å²) >= 11 is 0. The van der Waals surface area contributed by atoms with E-state index in [2.05, 4.69) is 6.92 Å². The zero-order chi connectivity index (χ0) is 12.2. The lowest BCUT2D eigenvalue weighted by atomic mass is 10.1. The lowest BCUT2D eigenvalue weighted by Gasteiger charge is -2.09. The Balaban J connectivity index is 3.07. The highest BCUT2D eigenvalue weighted by molar-refractivity contribution is 5.75. The van der Waals surface area contributed by atoms with Crippen LogP contribution < -0.4 is 0 Å². The molecule has 0 aromatic carbocycles. The lowest BCUT2D eigenvalue weighted by Crippen LogP contribution is -2.20. The first-order chi connectivity index (χ1) is 7.68. The van der Waals surface area contributed by atoms with Gasteiger partial charge in [-0.05, 0) is 6.42 Å². The SMILES string of the molecule is CCCCCCCCCCCC(=O)N(C)C. The summed E-state index contributed by atoms with van der Waals surface area (Å²) < 4.78 is 0. The van der Waals surface area contributed by atoms with E-state index in [4.69, 9.17) is 0 Å². The van der Waals surface area contributed by atoms with E-state index in [9.17, 15) is 4.79 Å². The van der Waals surface area contributed by atoms with Gasteiger partial charge in [0.05, 0.1) is 0 Å². The highest BCUT2D eigenvalue weighted by Crippen LogP contribution is 2.10. The van der Waals surface area contributed by atoms with Crippen LogP contribution >= 0.6 is 0 Å². The Morgan fingerprint density at radius 2 is 1.25 bits per heavy atom. The van der Waals surface area contributed by atoms with Crippen LogP contribution in [0.25, 0.3) is 0 Å². The van der Waals surface area contributed by atoms with E-state index in [1.807, 2.05) is 14.1 Å². The molecule has 96 valence electrons. The van der Waals surface area contributed by atoms with Gasteiger partial charge in [-0.15, -0.1) is 0 Å². The summed E-state index contributed by atoms with van der Waals surface area (Å²) in [5.41, 5.74) is 0. The fourth-order valence-electron chi connectivity index (χ4n) is 1.81. The van der Waals surface area contributed by atoms with Crippen molar-refractivity contribution in [1.82, 2.24) is 4.90 Å². The second-order valence-corrected chi connectivity index (χ2v) is 4.87. The number of amides is 1. The molecule has 1 amide bonds. The standard InChI is InChI=1S/C14H29NO/c1-4-5-6-7-8-9-10-11-12-13-14(16)15(2)3/h4-13H2,1-3H3. The van der Waals surface area contributed by atoms with Crippen LogP contribution in [0.15, 0.2) is 0 Å². The molecule has 0 aromatic rings. The zero-order valence-corrected chi connectivity index (χ0v) is 11.4. The monoisotopic (exact) mass is 227 g/mol. The molecule has 0 spiro atoms. The van der Waals surface area contributed by atoms with Crippen molar-refractivity contribution in [3.63, 3.8) is 0 Å². The smallest absolute Gasteiger partial charge is 0.222 e. The van der Waals surface area contributed by atoms with Crippen molar-refractivity contribution >= 4 is 5.91 Å². The topological polar surface area (TPSA) is 20.3 Å². The van der Waals surface area contributed by atoms with Gasteiger partial charge in [0.15, 0.2) is 0 Å². The first-order valence-electron chi connectivity index (χ1n) is 6.88. The molecule has 0 saturated carbocycles. The maximum Gasteiger partial charge on any atom is 0.222 e. The largest absolute Gasteiger partial charge is 0.349 e. The average molecular weight is 227 g/mol. The molecule has 0 radical (unpaired) electrons. The second kappa shape index (κ2) is 11.0. The van der Waals surface area contributed by atoms with Crippen LogP contribution in [0.5, 0.6) is 0 Å². The molecular formula is C14H29NO. The Kier molecular flexibility index (Phi) is 10.6. The summed E-state index contributed by atoms with van der Waals surface area (Å²) in [6, 6.07) is 0.